The van der Waals surface area contributed by atoms with E-state index < -0.39 is 17.9 Å². The minimum Gasteiger partial charge on any atom is -0.480 e. The number of nitrogens with one attached hydrogen (secondary N) is 1. The first-order valence-corrected chi connectivity index (χ1v) is 6.72. The SMILES string of the molecule is CC(NC(=O)c1cccc(C=CCCCC#N)c1)C(=O)O. The zero-order chi connectivity index (χ0) is 15.7. The molecule has 0 saturated carbocycles. The zero-order valence-electron chi connectivity index (χ0n) is 11.9. The van der Waals surface area contributed by atoms with Crippen molar-refractivity contribution in [3.63, 3.8) is 0 Å². The highest BCUT2D eigenvalue weighted by molar-refractivity contribution is 5.96. The van der Waals surface area contributed by atoms with Gasteiger partial charge in [-0.05, 0) is 37.5 Å². The number of carboxylic acids is 1. The van der Waals surface area contributed by atoms with E-state index in [0.29, 0.717) is 12.0 Å². The molecule has 0 radical (unpaired) electrons. The predicted octanol–water partition coefficient (Wildman–Crippen LogP) is 2.60. The predicted molar refractivity (Wildman–Crippen MR) is 79.5 cm³/mol. The summed E-state index contributed by atoms with van der Waals surface area (Å²) in [4.78, 5) is 22.6. The Morgan fingerprint density at radius 2 is 2.24 bits per heavy atom. The Kier molecular flexibility index (Phi) is 6.69. The first-order chi connectivity index (χ1) is 10.0. The monoisotopic (exact) mass is 286 g/mol. The fourth-order valence-corrected chi connectivity index (χ4v) is 1.64. The maximum atomic E-state index is 11.9. The summed E-state index contributed by atoms with van der Waals surface area (Å²) in [6, 6.07) is 8.09. The average molecular weight is 286 g/mol. The second-order valence-electron chi connectivity index (χ2n) is 4.61. The molecule has 0 aliphatic heterocycles. The Balaban J connectivity index is 2.65. The third kappa shape index (κ3) is 5.91. The number of amides is 1. The van der Waals surface area contributed by atoms with E-state index in [1.54, 1.807) is 18.2 Å². The van der Waals surface area contributed by atoms with Crippen molar-refractivity contribution in [2.75, 3.05) is 0 Å². The van der Waals surface area contributed by atoms with Crippen molar-refractivity contribution >= 4 is 18.0 Å². The number of benzene rings is 1. The first kappa shape index (κ1) is 16.4. The summed E-state index contributed by atoms with van der Waals surface area (Å²) in [5.41, 5.74) is 1.28. The molecule has 1 aromatic carbocycles. The normalized spacial score (nSPS) is 11.8. The summed E-state index contributed by atoms with van der Waals surface area (Å²) in [5, 5.41) is 19.6. The van der Waals surface area contributed by atoms with Crippen molar-refractivity contribution in [1.82, 2.24) is 5.32 Å². The Hall–Kier alpha value is -2.61. The maximum absolute atomic E-state index is 11.9. The number of hydrogen-bond donors (Lipinski definition) is 2. The molecule has 0 aliphatic rings. The lowest BCUT2D eigenvalue weighted by Crippen LogP contribution is -2.38. The van der Waals surface area contributed by atoms with Gasteiger partial charge in [-0.2, -0.15) is 5.26 Å². The van der Waals surface area contributed by atoms with Crippen LogP contribution < -0.4 is 5.32 Å². The summed E-state index contributed by atoms with van der Waals surface area (Å²) >= 11 is 0. The number of hydrogen-bond acceptors (Lipinski definition) is 3. The third-order valence-electron chi connectivity index (χ3n) is 2.84. The fourth-order valence-electron chi connectivity index (χ4n) is 1.64. The van der Waals surface area contributed by atoms with Crippen LogP contribution in [0.15, 0.2) is 30.3 Å². The number of nitrogens with zero attached hydrogens (tertiary/aromatic N) is 1. The van der Waals surface area contributed by atoms with Crippen LogP contribution in [0.1, 0.15) is 42.1 Å². The van der Waals surface area contributed by atoms with Gasteiger partial charge in [0.2, 0.25) is 0 Å². The van der Waals surface area contributed by atoms with Gasteiger partial charge in [-0.25, -0.2) is 0 Å². The van der Waals surface area contributed by atoms with Crippen molar-refractivity contribution < 1.29 is 14.7 Å². The molecule has 0 aliphatic carbocycles. The van der Waals surface area contributed by atoms with Crippen LogP contribution in [0.25, 0.3) is 6.08 Å². The minimum atomic E-state index is -1.07. The average Bonchev–Trinajstić information content (AvgIpc) is 2.47. The Morgan fingerprint density at radius 3 is 2.90 bits per heavy atom. The molecule has 0 fully saturated rings. The number of carbonyl (C=O) groups excluding carboxylic acids is 1. The van der Waals surface area contributed by atoms with E-state index in [0.717, 1.165) is 18.4 Å². The van der Waals surface area contributed by atoms with E-state index in [2.05, 4.69) is 11.4 Å². The van der Waals surface area contributed by atoms with Crippen LogP contribution in [0.3, 0.4) is 0 Å². The quantitative estimate of drug-likeness (QED) is 0.754. The highest BCUT2D eigenvalue weighted by atomic mass is 16.4. The van der Waals surface area contributed by atoms with Crippen LogP contribution in [-0.4, -0.2) is 23.0 Å². The molecule has 21 heavy (non-hydrogen) atoms. The van der Waals surface area contributed by atoms with Crippen molar-refractivity contribution in [3.05, 3.63) is 41.5 Å². The van der Waals surface area contributed by atoms with E-state index in [-0.39, 0.29) is 0 Å². The highest BCUT2D eigenvalue weighted by Gasteiger charge is 2.14. The van der Waals surface area contributed by atoms with E-state index >= 15 is 0 Å². The van der Waals surface area contributed by atoms with Crippen molar-refractivity contribution in [2.45, 2.75) is 32.2 Å². The molecule has 5 heteroatoms. The molecule has 1 aromatic rings. The first-order valence-electron chi connectivity index (χ1n) is 6.72. The van der Waals surface area contributed by atoms with E-state index in [9.17, 15) is 9.59 Å². The number of carbonyl (C=O) groups is 2. The molecule has 5 nitrogen and oxygen atoms in total. The van der Waals surface area contributed by atoms with Gasteiger partial charge in [0, 0.05) is 12.0 Å². The number of nitriles is 1. The number of aliphatic carboxylic acids is 1. The van der Waals surface area contributed by atoms with Gasteiger partial charge >= 0.3 is 5.97 Å². The zero-order valence-corrected chi connectivity index (χ0v) is 11.9. The third-order valence-corrected chi connectivity index (χ3v) is 2.84. The lowest BCUT2D eigenvalue weighted by molar-refractivity contribution is -0.138. The number of unbranched alkanes of at least 4 members (excludes halogenated alkanes) is 2. The molecule has 0 bridgehead atoms. The number of rotatable bonds is 7. The summed E-state index contributed by atoms with van der Waals surface area (Å²) in [5.74, 6) is -1.48. The van der Waals surface area contributed by atoms with Gasteiger partial charge in [0.25, 0.3) is 5.91 Å². The lowest BCUT2D eigenvalue weighted by Gasteiger charge is -2.09. The largest absolute Gasteiger partial charge is 0.480 e. The maximum Gasteiger partial charge on any atom is 0.325 e. The molecule has 1 amide bonds. The van der Waals surface area contributed by atoms with E-state index in [4.69, 9.17) is 10.4 Å². The Bertz CT molecular complexity index is 573. The molecule has 0 heterocycles. The Labute approximate surface area is 123 Å². The second-order valence-corrected chi connectivity index (χ2v) is 4.61. The minimum absolute atomic E-state index is 0.412. The van der Waals surface area contributed by atoms with Crippen molar-refractivity contribution in [2.24, 2.45) is 0 Å². The van der Waals surface area contributed by atoms with Gasteiger partial charge in [-0.1, -0.05) is 24.3 Å². The standard InChI is InChI=1S/C16H18N2O3/c1-12(16(20)21)18-15(19)14-9-6-8-13(11-14)7-4-2-3-5-10-17/h4,6-9,11-12H,2-3,5H2,1H3,(H,18,19)(H,20,21). The molecule has 1 rings (SSSR count). The fraction of sp³-hybridized carbons (Fsp3) is 0.312. The molecule has 1 unspecified atom stereocenters. The van der Waals surface area contributed by atoms with Crippen molar-refractivity contribution in [1.29, 1.82) is 5.26 Å². The number of allylic oxidation sites excluding steroid dienone is 1. The van der Waals surface area contributed by atoms with Crippen LogP contribution in [0.2, 0.25) is 0 Å². The summed E-state index contributed by atoms with van der Waals surface area (Å²) in [6.07, 6.45) is 5.98. The van der Waals surface area contributed by atoms with Crippen LogP contribution in [-0.2, 0) is 4.79 Å². The van der Waals surface area contributed by atoms with Gasteiger partial charge < -0.3 is 10.4 Å². The molecule has 2 N–H and O–H groups in total. The molecular formula is C16H18N2O3. The van der Waals surface area contributed by atoms with E-state index in [1.165, 1.54) is 6.92 Å². The lowest BCUT2D eigenvalue weighted by atomic mass is 10.1. The van der Waals surface area contributed by atoms with Gasteiger partial charge in [0.15, 0.2) is 0 Å². The van der Waals surface area contributed by atoms with Gasteiger partial charge in [-0.3, -0.25) is 9.59 Å². The van der Waals surface area contributed by atoms with Crippen LogP contribution >= 0.6 is 0 Å². The van der Waals surface area contributed by atoms with E-state index in [1.807, 2.05) is 18.2 Å². The summed E-state index contributed by atoms with van der Waals surface area (Å²) < 4.78 is 0. The van der Waals surface area contributed by atoms with Crippen LogP contribution in [0, 0.1) is 11.3 Å². The molecule has 110 valence electrons. The highest BCUT2D eigenvalue weighted by Crippen LogP contribution is 2.09. The number of carboxylic acid groups (broad SMARTS) is 1. The van der Waals surface area contributed by atoms with Gasteiger partial charge in [0.05, 0.1) is 6.07 Å². The topological polar surface area (TPSA) is 90.2 Å². The van der Waals surface area contributed by atoms with Crippen molar-refractivity contribution in [3.8, 4) is 6.07 Å². The molecule has 0 spiro atoms. The van der Waals surface area contributed by atoms with Gasteiger partial charge in [-0.15, -0.1) is 0 Å². The molecule has 1 atom stereocenters. The smallest absolute Gasteiger partial charge is 0.325 e. The second kappa shape index (κ2) is 8.54. The van der Waals surface area contributed by atoms with Crippen LogP contribution in [0.5, 0.6) is 0 Å². The van der Waals surface area contributed by atoms with Crippen LogP contribution in [0.4, 0.5) is 0 Å². The summed E-state index contributed by atoms with van der Waals surface area (Å²) in [6.45, 7) is 1.42. The molecule has 0 saturated heterocycles. The summed E-state index contributed by atoms with van der Waals surface area (Å²) in [7, 11) is 0. The van der Waals surface area contributed by atoms with Gasteiger partial charge in [0.1, 0.15) is 6.04 Å². The molecule has 0 aromatic heterocycles. The molecular weight excluding hydrogens is 268 g/mol. The Morgan fingerprint density at radius 1 is 1.48 bits per heavy atom.